The maximum Gasteiger partial charge on any atom is 0.225 e. The van der Waals surface area contributed by atoms with Crippen LogP contribution in [0.3, 0.4) is 0 Å². The summed E-state index contributed by atoms with van der Waals surface area (Å²) < 4.78 is 0. The summed E-state index contributed by atoms with van der Waals surface area (Å²) in [5, 5.41) is 0. The minimum Gasteiger partial charge on any atom is -0.370 e. The third-order valence-corrected chi connectivity index (χ3v) is 4.78. The first-order chi connectivity index (χ1) is 11.8. The smallest absolute Gasteiger partial charge is 0.225 e. The number of guanidine groups is 1. The second-order valence-corrected chi connectivity index (χ2v) is 6.47. The van der Waals surface area contributed by atoms with Crippen molar-refractivity contribution in [3.8, 4) is 0 Å². The van der Waals surface area contributed by atoms with Crippen molar-refractivity contribution in [1.82, 2.24) is 14.9 Å². The van der Waals surface area contributed by atoms with Gasteiger partial charge in [-0.1, -0.05) is 18.1 Å². The molecule has 3 rings (SSSR count). The molecule has 1 aromatic heterocycles. The van der Waals surface area contributed by atoms with Crippen LogP contribution in [0.2, 0.25) is 0 Å². The lowest BCUT2D eigenvalue weighted by Crippen LogP contribution is -2.51. The molecule has 0 amide bonds. The predicted molar refractivity (Wildman–Crippen MR) is 98.1 cm³/mol. The van der Waals surface area contributed by atoms with E-state index in [1.54, 1.807) is 18.0 Å². The predicted octanol–water partition coefficient (Wildman–Crippen LogP) is 2.19. The topological polar surface area (TPSA) is 70.6 Å². The second-order valence-electron chi connectivity index (χ2n) is 6.47. The van der Waals surface area contributed by atoms with Crippen LogP contribution < -0.4 is 10.6 Å². The molecule has 1 saturated heterocycles. The van der Waals surface area contributed by atoms with Gasteiger partial charge in [-0.25, -0.2) is 9.97 Å². The van der Waals surface area contributed by atoms with E-state index >= 15 is 0 Å². The number of aromatic nitrogens is 2. The van der Waals surface area contributed by atoms with E-state index in [0.29, 0.717) is 5.96 Å². The van der Waals surface area contributed by atoms with Crippen molar-refractivity contribution in [2.45, 2.75) is 38.5 Å². The van der Waals surface area contributed by atoms with Crippen molar-refractivity contribution in [2.24, 2.45) is 10.7 Å². The zero-order valence-electron chi connectivity index (χ0n) is 14.4. The summed E-state index contributed by atoms with van der Waals surface area (Å²) in [5.74, 6) is 1.48. The van der Waals surface area contributed by atoms with Crippen molar-refractivity contribution in [3.05, 3.63) is 30.1 Å². The molecular formula is C18H28N6. The number of anilines is 1. The van der Waals surface area contributed by atoms with E-state index in [-0.39, 0.29) is 0 Å². The fraction of sp³-hybridized carbons (Fsp3) is 0.611. The van der Waals surface area contributed by atoms with Gasteiger partial charge >= 0.3 is 0 Å². The van der Waals surface area contributed by atoms with Crippen LogP contribution in [0.5, 0.6) is 0 Å². The third kappa shape index (κ3) is 4.69. The fourth-order valence-corrected chi connectivity index (χ4v) is 3.31. The number of hydrogen-bond acceptors (Lipinski definition) is 4. The Hall–Kier alpha value is -2.11. The fourth-order valence-electron chi connectivity index (χ4n) is 3.31. The van der Waals surface area contributed by atoms with Crippen LogP contribution in [0.1, 0.15) is 38.5 Å². The Bertz CT molecular complexity index is 560. The molecule has 1 aromatic rings. The second kappa shape index (κ2) is 8.66. The molecule has 0 radical (unpaired) electrons. The maximum atomic E-state index is 6.19. The number of piperazine rings is 1. The van der Waals surface area contributed by atoms with Gasteiger partial charge < -0.3 is 15.5 Å². The van der Waals surface area contributed by atoms with Crippen LogP contribution in [0.15, 0.2) is 35.1 Å². The normalized spacial score (nSPS) is 19.8. The molecule has 1 aliphatic carbocycles. The molecule has 130 valence electrons. The van der Waals surface area contributed by atoms with E-state index in [1.807, 2.05) is 6.07 Å². The first-order valence-corrected chi connectivity index (χ1v) is 9.07. The summed E-state index contributed by atoms with van der Waals surface area (Å²) in [6.45, 7) is 4.31. The number of allylic oxidation sites excluding steroid dienone is 1. The van der Waals surface area contributed by atoms with Gasteiger partial charge in [-0.3, -0.25) is 4.99 Å². The van der Waals surface area contributed by atoms with Gasteiger partial charge in [-0.2, -0.15) is 0 Å². The van der Waals surface area contributed by atoms with E-state index in [4.69, 9.17) is 5.73 Å². The Morgan fingerprint density at radius 3 is 2.67 bits per heavy atom. The molecule has 0 bridgehead atoms. The SMILES string of the molecule is NC(=NCCC1=CCCCCC1)N1CCN(c2ncccn2)CC1. The van der Waals surface area contributed by atoms with Crippen molar-refractivity contribution >= 4 is 11.9 Å². The standard InChI is InChI=1S/C18H28N6/c19-17(20-11-8-16-6-3-1-2-4-7-16)23-12-14-24(15-13-23)18-21-9-5-10-22-18/h5-6,9-10H,1-4,7-8,11-15H2,(H2,19,20). The minimum atomic E-state index is 0.679. The molecule has 0 spiro atoms. The van der Waals surface area contributed by atoms with E-state index < -0.39 is 0 Å². The highest BCUT2D eigenvalue weighted by molar-refractivity contribution is 5.78. The Morgan fingerprint density at radius 1 is 1.08 bits per heavy atom. The van der Waals surface area contributed by atoms with Gasteiger partial charge in [0.1, 0.15) is 0 Å². The van der Waals surface area contributed by atoms with Crippen LogP contribution in [0, 0.1) is 0 Å². The van der Waals surface area contributed by atoms with Gasteiger partial charge in [0.25, 0.3) is 0 Å². The average molecular weight is 328 g/mol. The summed E-state index contributed by atoms with van der Waals surface area (Å²) in [7, 11) is 0. The van der Waals surface area contributed by atoms with Crippen molar-refractivity contribution in [2.75, 3.05) is 37.6 Å². The van der Waals surface area contributed by atoms with E-state index in [0.717, 1.165) is 45.1 Å². The Morgan fingerprint density at radius 2 is 1.88 bits per heavy atom. The van der Waals surface area contributed by atoms with Crippen LogP contribution >= 0.6 is 0 Å². The van der Waals surface area contributed by atoms with Gasteiger partial charge in [0, 0.05) is 45.1 Å². The van der Waals surface area contributed by atoms with Crippen molar-refractivity contribution in [1.29, 1.82) is 0 Å². The number of hydrogen-bond donors (Lipinski definition) is 1. The van der Waals surface area contributed by atoms with Crippen molar-refractivity contribution in [3.63, 3.8) is 0 Å². The molecule has 24 heavy (non-hydrogen) atoms. The lowest BCUT2D eigenvalue weighted by molar-refractivity contribution is 0.378. The first kappa shape index (κ1) is 16.7. The summed E-state index contributed by atoms with van der Waals surface area (Å²) in [4.78, 5) is 17.6. The van der Waals surface area contributed by atoms with Gasteiger partial charge in [0.05, 0.1) is 0 Å². The molecule has 0 aromatic carbocycles. The van der Waals surface area contributed by atoms with Gasteiger partial charge in [-0.05, 0) is 38.2 Å². The highest BCUT2D eigenvalue weighted by Crippen LogP contribution is 2.19. The molecule has 6 heteroatoms. The van der Waals surface area contributed by atoms with Crippen LogP contribution in [-0.2, 0) is 0 Å². The third-order valence-electron chi connectivity index (χ3n) is 4.78. The molecular weight excluding hydrogens is 300 g/mol. The van der Waals surface area contributed by atoms with Gasteiger partial charge in [0.15, 0.2) is 5.96 Å². The molecule has 0 atom stereocenters. The molecule has 1 fully saturated rings. The monoisotopic (exact) mass is 328 g/mol. The van der Waals surface area contributed by atoms with Crippen molar-refractivity contribution < 1.29 is 0 Å². The summed E-state index contributed by atoms with van der Waals surface area (Å²) in [6.07, 6.45) is 13.5. The number of aliphatic imine (C=N–C) groups is 1. The largest absolute Gasteiger partial charge is 0.370 e. The zero-order valence-corrected chi connectivity index (χ0v) is 14.4. The van der Waals surface area contributed by atoms with Crippen LogP contribution in [0.25, 0.3) is 0 Å². The van der Waals surface area contributed by atoms with E-state index in [9.17, 15) is 0 Å². The first-order valence-electron chi connectivity index (χ1n) is 9.07. The average Bonchev–Trinajstić information content (AvgIpc) is 2.91. The Balaban J connectivity index is 1.44. The molecule has 0 unspecified atom stereocenters. The summed E-state index contributed by atoms with van der Waals surface area (Å²) in [6, 6.07) is 1.84. The quantitative estimate of drug-likeness (QED) is 0.521. The molecule has 6 nitrogen and oxygen atoms in total. The highest BCUT2D eigenvalue weighted by Gasteiger charge is 2.19. The number of rotatable bonds is 4. The van der Waals surface area contributed by atoms with Gasteiger partial charge in [0.2, 0.25) is 5.95 Å². The molecule has 0 saturated carbocycles. The van der Waals surface area contributed by atoms with Crippen LogP contribution in [0.4, 0.5) is 5.95 Å². The molecule has 2 heterocycles. The van der Waals surface area contributed by atoms with Gasteiger partial charge in [-0.15, -0.1) is 0 Å². The lowest BCUT2D eigenvalue weighted by Gasteiger charge is -2.35. The minimum absolute atomic E-state index is 0.679. The van der Waals surface area contributed by atoms with E-state index in [2.05, 4.69) is 30.8 Å². The molecule has 2 N–H and O–H groups in total. The lowest BCUT2D eigenvalue weighted by atomic mass is 10.1. The Kier molecular flexibility index (Phi) is 6.04. The summed E-state index contributed by atoms with van der Waals surface area (Å²) >= 11 is 0. The number of nitrogens with two attached hydrogens (primary N) is 1. The molecule has 2 aliphatic rings. The zero-order chi connectivity index (χ0) is 16.6. The summed E-state index contributed by atoms with van der Waals surface area (Å²) in [5.41, 5.74) is 7.75. The van der Waals surface area contributed by atoms with E-state index in [1.165, 1.54) is 32.1 Å². The Labute approximate surface area is 144 Å². The number of nitrogens with zero attached hydrogens (tertiary/aromatic N) is 5. The highest BCUT2D eigenvalue weighted by atomic mass is 15.3. The van der Waals surface area contributed by atoms with Crippen LogP contribution in [-0.4, -0.2) is 53.6 Å². The maximum absolute atomic E-state index is 6.19. The molecule has 1 aliphatic heterocycles.